The Morgan fingerprint density at radius 1 is 0.829 bits per heavy atom. The lowest BCUT2D eigenvalue weighted by Crippen LogP contribution is -2.20. The zero-order chi connectivity index (χ0) is 25.0. The fourth-order valence-corrected chi connectivity index (χ4v) is 4.75. The van der Waals surface area contributed by atoms with E-state index in [-0.39, 0.29) is 21.9 Å². The minimum atomic E-state index is -4.21. The van der Waals surface area contributed by atoms with Crippen LogP contribution in [0.5, 0.6) is 5.75 Å². The van der Waals surface area contributed by atoms with E-state index in [1.807, 2.05) is 36.4 Å². The molecule has 0 heterocycles. The minimum absolute atomic E-state index is 0.0208. The molecular weight excluding hydrogens is 468 g/mol. The fourth-order valence-electron chi connectivity index (χ4n) is 3.57. The van der Waals surface area contributed by atoms with Crippen molar-refractivity contribution in [2.24, 2.45) is 0 Å². The van der Waals surface area contributed by atoms with Crippen LogP contribution >= 0.6 is 0 Å². The van der Waals surface area contributed by atoms with Crippen LogP contribution in [0.15, 0.2) is 89.8 Å². The normalized spacial score (nSPS) is 11.0. The molecule has 0 saturated carbocycles. The molecule has 4 rings (SSSR count). The summed E-state index contributed by atoms with van der Waals surface area (Å²) in [4.78, 5) is 25.0. The number of benzene rings is 4. The minimum Gasteiger partial charge on any atom is -0.465 e. The molecule has 9 heteroatoms. The first-order chi connectivity index (χ1) is 16.8. The molecule has 2 amide bonds. The Kier molecular flexibility index (Phi) is 6.70. The average Bonchev–Trinajstić information content (AvgIpc) is 2.84. The summed E-state index contributed by atoms with van der Waals surface area (Å²) in [5.74, 6) is -1.04. The molecule has 0 spiro atoms. The number of amides is 2. The Balaban J connectivity index is 1.58. The Morgan fingerprint density at radius 3 is 2.31 bits per heavy atom. The zero-order valence-corrected chi connectivity index (χ0v) is 19.8. The molecule has 0 aliphatic carbocycles. The smallest absolute Gasteiger partial charge is 0.341 e. The first kappa shape index (κ1) is 23.8. The second-order valence-electron chi connectivity index (χ2n) is 7.61. The molecule has 4 aromatic rings. The van der Waals surface area contributed by atoms with Crippen LogP contribution in [0.1, 0.15) is 15.9 Å². The van der Waals surface area contributed by atoms with Crippen LogP contribution in [-0.4, -0.2) is 27.5 Å². The van der Waals surface area contributed by atoms with Gasteiger partial charge in [-0.15, -0.1) is 0 Å². The van der Waals surface area contributed by atoms with E-state index in [0.717, 1.165) is 17.9 Å². The number of methoxy groups -OCH3 is 1. The predicted molar refractivity (Wildman–Crippen MR) is 133 cm³/mol. The van der Waals surface area contributed by atoms with Gasteiger partial charge in [0.1, 0.15) is 10.5 Å². The number of carbonyl (C=O) groups excluding carboxylic acids is 2. The van der Waals surface area contributed by atoms with E-state index in [2.05, 4.69) is 10.6 Å². The molecule has 2 N–H and O–H groups in total. The number of hydrogen-bond acceptors (Lipinski definition) is 6. The van der Waals surface area contributed by atoms with Gasteiger partial charge in [0.25, 0.3) is 0 Å². The van der Waals surface area contributed by atoms with Crippen molar-refractivity contribution in [1.82, 2.24) is 0 Å². The van der Waals surface area contributed by atoms with E-state index < -0.39 is 22.1 Å². The number of carbonyl (C=O) groups is 2. The number of rotatable bonds is 6. The third-order valence-corrected chi connectivity index (χ3v) is 6.64. The molecule has 0 aliphatic rings. The number of nitrogens with one attached hydrogen (secondary N) is 2. The van der Waals surface area contributed by atoms with Gasteiger partial charge in [0, 0.05) is 11.1 Å². The molecule has 0 atom stereocenters. The van der Waals surface area contributed by atoms with E-state index in [0.29, 0.717) is 11.3 Å². The molecule has 178 valence electrons. The molecule has 0 unspecified atom stereocenters. The van der Waals surface area contributed by atoms with E-state index in [1.54, 1.807) is 31.2 Å². The number of aryl methyl sites for hydroxylation is 1. The Hall–Kier alpha value is -4.37. The van der Waals surface area contributed by atoms with Crippen molar-refractivity contribution in [1.29, 1.82) is 0 Å². The quantitative estimate of drug-likeness (QED) is 0.279. The third-order valence-electron chi connectivity index (χ3n) is 5.24. The van der Waals surface area contributed by atoms with E-state index in [4.69, 9.17) is 8.92 Å². The summed E-state index contributed by atoms with van der Waals surface area (Å²) in [6.07, 6.45) is 0. The highest BCUT2D eigenvalue weighted by atomic mass is 32.2. The van der Waals surface area contributed by atoms with Crippen LogP contribution in [0.4, 0.5) is 16.2 Å². The molecule has 8 nitrogen and oxygen atoms in total. The lowest BCUT2D eigenvalue weighted by Gasteiger charge is -2.14. The number of fused-ring (bicyclic) bond motifs is 1. The highest BCUT2D eigenvalue weighted by molar-refractivity contribution is 7.87. The highest BCUT2D eigenvalue weighted by Crippen LogP contribution is 2.28. The number of urea groups is 1. The van der Waals surface area contributed by atoms with Crippen molar-refractivity contribution >= 4 is 44.3 Å². The van der Waals surface area contributed by atoms with Gasteiger partial charge in [-0.05, 0) is 48.2 Å². The summed E-state index contributed by atoms with van der Waals surface area (Å²) in [5, 5.41) is 7.26. The van der Waals surface area contributed by atoms with Crippen LogP contribution in [0.3, 0.4) is 0 Å². The summed E-state index contributed by atoms with van der Waals surface area (Å²) < 4.78 is 35.7. The lowest BCUT2D eigenvalue weighted by molar-refractivity contribution is 0.0599. The number of ether oxygens (including phenoxy) is 1. The maximum atomic E-state index is 12.8. The van der Waals surface area contributed by atoms with Crippen LogP contribution < -0.4 is 14.8 Å². The summed E-state index contributed by atoms with van der Waals surface area (Å²) >= 11 is 0. The molecule has 0 aromatic heterocycles. The molecule has 0 aliphatic heterocycles. The summed E-state index contributed by atoms with van der Waals surface area (Å²) in [5.41, 5.74) is 1.19. The van der Waals surface area contributed by atoms with Gasteiger partial charge < -0.3 is 19.6 Å². The van der Waals surface area contributed by atoms with Gasteiger partial charge in [0.05, 0.1) is 12.8 Å². The highest BCUT2D eigenvalue weighted by Gasteiger charge is 2.23. The van der Waals surface area contributed by atoms with Crippen molar-refractivity contribution in [2.45, 2.75) is 11.8 Å². The van der Waals surface area contributed by atoms with Crippen molar-refractivity contribution in [3.8, 4) is 5.75 Å². The zero-order valence-electron chi connectivity index (χ0n) is 18.9. The molecule has 0 saturated heterocycles. The monoisotopic (exact) mass is 490 g/mol. The summed E-state index contributed by atoms with van der Waals surface area (Å²) in [7, 11) is -3.05. The largest absolute Gasteiger partial charge is 0.465 e. The molecule has 0 radical (unpaired) electrons. The molecular formula is C26H22N2O6S. The van der Waals surface area contributed by atoms with Gasteiger partial charge in [0.15, 0.2) is 5.75 Å². The predicted octanol–water partition coefficient (Wildman–Crippen LogP) is 5.35. The summed E-state index contributed by atoms with van der Waals surface area (Å²) in [6.45, 7) is 1.64. The first-order valence-corrected chi connectivity index (χ1v) is 12.0. The van der Waals surface area contributed by atoms with Gasteiger partial charge in [-0.2, -0.15) is 8.42 Å². The average molecular weight is 491 g/mol. The van der Waals surface area contributed by atoms with Crippen LogP contribution in [0.25, 0.3) is 10.8 Å². The number of esters is 1. The van der Waals surface area contributed by atoms with E-state index in [1.165, 1.54) is 24.3 Å². The van der Waals surface area contributed by atoms with E-state index >= 15 is 0 Å². The fraction of sp³-hybridized carbons (Fsp3) is 0.0769. The van der Waals surface area contributed by atoms with Gasteiger partial charge in [0.2, 0.25) is 0 Å². The first-order valence-electron chi connectivity index (χ1n) is 10.6. The van der Waals surface area contributed by atoms with Gasteiger partial charge in [-0.3, -0.25) is 0 Å². The number of hydrogen-bond donors (Lipinski definition) is 2. The molecule has 35 heavy (non-hydrogen) atoms. The van der Waals surface area contributed by atoms with Gasteiger partial charge >= 0.3 is 22.1 Å². The van der Waals surface area contributed by atoms with Crippen molar-refractivity contribution in [2.75, 3.05) is 17.7 Å². The molecule has 4 aromatic carbocycles. The lowest BCUT2D eigenvalue weighted by atomic mass is 10.1. The number of anilines is 2. The Morgan fingerprint density at radius 2 is 1.54 bits per heavy atom. The van der Waals surface area contributed by atoms with Crippen molar-refractivity contribution in [3.63, 3.8) is 0 Å². The van der Waals surface area contributed by atoms with Gasteiger partial charge in [-0.1, -0.05) is 54.6 Å². The van der Waals surface area contributed by atoms with Crippen LogP contribution in [0, 0.1) is 6.92 Å². The molecule has 0 bridgehead atoms. The summed E-state index contributed by atoms with van der Waals surface area (Å²) in [6, 6.07) is 22.9. The Labute approximate surface area is 202 Å². The standard InChI is InChI=1S/C26H22N2O6S/c1-17-8-3-6-13-24(17)35(31,32)34-23-15-14-19(16-21(23)25(29)33-2)27-26(30)28-22-12-7-10-18-9-4-5-11-20(18)22/h3-16H,1-2H3,(H2,27,28,30). The third kappa shape index (κ3) is 5.25. The van der Waals surface area contributed by atoms with Crippen molar-refractivity contribution in [3.05, 3.63) is 96.1 Å². The van der Waals surface area contributed by atoms with Crippen LogP contribution in [0.2, 0.25) is 0 Å². The second-order valence-corrected chi connectivity index (χ2v) is 9.13. The van der Waals surface area contributed by atoms with Crippen molar-refractivity contribution < 1.29 is 26.9 Å². The maximum Gasteiger partial charge on any atom is 0.341 e. The topological polar surface area (TPSA) is 111 Å². The second kappa shape index (κ2) is 9.86. The maximum absolute atomic E-state index is 12.8. The Bertz CT molecular complexity index is 1530. The van der Waals surface area contributed by atoms with Gasteiger partial charge in [-0.25, -0.2) is 9.59 Å². The van der Waals surface area contributed by atoms with E-state index in [9.17, 15) is 18.0 Å². The molecule has 0 fully saturated rings. The van der Waals surface area contributed by atoms with Crippen LogP contribution in [-0.2, 0) is 14.9 Å². The SMILES string of the molecule is COC(=O)c1cc(NC(=O)Nc2cccc3ccccc23)ccc1OS(=O)(=O)c1ccccc1C.